The zero-order chi connectivity index (χ0) is 26.3. The first-order valence-corrected chi connectivity index (χ1v) is 12.5. The molecular formula is C29H26N6O3. The Morgan fingerprint density at radius 1 is 1.16 bits per heavy atom. The summed E-state index contributed by atoms with van der Waals surface area (Å²) in [5, 5.41) is 0. The van der Waals surface area contributed by atoms with Crippen molar-refractivity contribution < 1.29 is 14.3 Å². The van der Waals surface area contributed by atoms with Crippen LogP contribution in [0.15, 0.2) is 61.1 Å². The van der Waals surface area contributed by atoms with E-state index in [4.69, 9.17) is 15.5 Å². The molecule has 5 heterocycles. The number of hydrogen-bond acceptors (Lipinski definition) is 7. The number of aromatic nitrogens is 4. The molecule has 3 aromatic heterocycles. The minimum atomic E-state index is -0.669. The number of imidazole rings is 1. The minimum Gasteiger partial charge on any atom is -0.382 e. The maximum absolute atomic E-state index is 13.1. The highest BCUT2D eigenvalue weighted by Gasteiger charge is 2.54. The number of Topliss-reactive ketones (excluding diaryl/α,β-unsaturated/α-hetero) is 1. The number of rotatable bonds is 5. The number of amides is 1. The number of fused-ring (bicyclic) bond motifs is 3. The average molecular weight is 507 g/mol. The van der Waals surface area contributed by atoms with Crippen LogP contribution in [0.3, 0.4) is 0 Å². The Hall–Kier alpha value is -4.55. The van der Waals surface area contributed by atoms with Crippen LogP contribution in [0.1, 0.15) is 41.6 Å². The standard InChI is InChI=1S/C29H26N6O3/c1-2-5-24(37)35-18-22-17-29(35,11-15-38-22)28-33-25(26-27(30)32-13-14-34(26)28)20-9-7-19(8-10-20)23(36)16-21-6-3-4-12-31-21/h3-4,6-10,12-14,22H,11,15-18H2,1H3,(H2,30,32)/t22-,29-/m0/s1. The molecule has 0 aliphatic carbocycles. The Balaban J connectivity index is 1.42. The molecule has 0 radical (unpaired) electrons. The molecule has 38 heavy (non-hydrogen) atoms. The second-order valence-corrected chi connectivity index (χ2v) is 9.58. The molecule has 2 atom stereocenters. The molecule has 2 aliphatic heterocycles. The van der Waals surface area contributed by atoms with Gasteiger partial charge in [0.25, 0.3) is 5.91 Å². The first-order valence-electron chi connectivity index (χ1n) is 12.5. The van der Waals surface area contributed by atoms with E-state index in [1.54, 1.807) is 36.4 Å². The predicted molar refractivity (Wildman–Crippen MR) is 141 cm³/mol. The zero-order valence-corrected chi connectivity index (χ0v) is 20.9. The summed E-state index contributed by atoms with van der Waals surface area (Å²) in [6.45, 7) is 2.64. The molecule has 190 valence electrons. The van der Waals surface area contributed by atoms with Crippen LogP contribution >= 0.6 is 0 Å². The first kappa shape index (κ1) is 23.8. The van der Waals surface area contributed by atoms with Gasteiger partial charge in [0.1, 0.15) is 28.4 Å². The predicted octanol–water partition coefficient (Wildman–Crippen LogP) is 3.04. The highest BCUT2D eigenvalue weighted by molar-refractivity contribution is 5.98. The molecule has 2 fully saturated rings. The van der Waals surface area contributed by atoms with Gasteiger partial charge in [0.05, 0.1) is 12.5 Å². The van der Waals surface area contributed by atoms with Crippen LogP contribution in [-0.4, -0.2) is 55.2 Å². The number of ether oxygens (including phenoxy) is 1. The van der Waals surface area contributed by atoms with Crippen molar-refractivity contribution in [1.29, 1.82) is 0 Å². The zero-order valence-electron chi connectivity index (χ0n) is 20.9. The summed E-state index contributed by atoms with van der Waals surface area (Å²) < 4.78 is 7.86. The molecule has 9 heteroatoms. The number of anilines is 1. The van der Waals surface area contributed by atoms with Gasteiger partial charge in [-0.1, -0.05) is 36.3 Å². The Labute approximate surface area is 219 Å². The molecule has 2 bridgehead atoms. The van der Waals surface area contributed by atoms with Gasteiger partial charge in [-0.3, -0.25) is 19.0 Å². The van der Waals surface area contributed by atoms with Crippen molar-refractivity contribution in [2.24, 2.45) is 0 Å². The lowest BCUT2D eigenvalue weighted by Crippen LogP contribution is -2.46. The van der Waals surface area contributed by atoms with Crippen LogP contribution < -0.4 is 5.73 Å². The van der Waals surface area contributed by atoms with E-state index in [-0.39, 0.29) is 24.2 Å². The van der Waals surface area contributed by atoms with Crippen molar-refractivity contribution in [1.82, 2.24) is 24.3 Å². The number of carbonyl (C=O) groups is 2. The van der Waals surface area contributed by atoms with Gasteiger partial charge in [-0.15, -0.1) is 0 Å². The molecule has 2 aliphatic rings. The second kappa shape index (κ2) is 9.39. The quantitative estimate of drug-likeness (QED) is 0.327. The van der Waals surface area contributed by atoms with Gasteiger partial charge in [-0.25, -0.2) is 9.97 Å². The molecule has 0 spiro atoms. The number of nitrogens with two attached hydrogens (primary N) is 1. The van der Waals surface area contributed by atoms with E-state index in [2.05, 4.69) is 21.8 Å². The number of pyridine rings is 1. The maximum Gasteiger partial charge on any atom is 0.299 e. The lowest BCUT2D eigenvalue weighted by molar-refractivity contribution is -0.130. The van der Waals surface area contributed by atoms with Gasteiger partial charge in [0.15, 0.2) is 5.78 Å². The van der Waals surface area contributed by atoms with Crippen molar-refractivity contribution >= 4 is 23.0 Å². The Morgan fingerprint density at radius 2 is 2.00 bits per heavy atom. The summed E-state index contributed by atoms with van der Waals surface area (Å²) in [5.74, 6) is 6.22. The van der Waals surface area contributed by atoms with Gasteiger partial charge < -0.3 is 15.4 Å². The van der Waals surface area contributed by atoms with Gasteiger partial charge in [-0.2, -0.15) is 0 Å². The molecule has 1 aromatic carbocycles. The lowest BCUT2D eigenvalue weighted by Gasteiger charge is -2.37. The van der Waals surface area contributed by atoms with Crippen LogP contribution in [0.2, 0.25) is 0 Å². The van der Waals surface area contributed by atoms with Crippen molar-refractivity contribution in [3.05, 3.63) is 78.1 Å². The van der Waals surface area contributed by atoms with Crippen molar-refractivity contribution in [2.75, 3.05) is 18.9 Å². The summed E-state index contributed by atoms with van der Waals surface area (Å²) in [6.07, 6.45) is 6.52. The molecule has 6 rings (SSSR count). The fraction of sp³-hybridized carbons (Fsp3) is 0.276. The van der Waals surface area contributed by atoms with Gasteiger partial charge in [0, 0.05) is 61.4 Å². The molecule has 2 N–H and O–H groups in total. The lowest BCUT2D eigenvalue weighted by atomic mass is 9.88. The molecule has 0 unspecified atom stereocenters. The second-order valence-electron chi connectivity index (χ2n) is 9.58. The number of benzene rings is 1. The molecular weight excluding hydrogens is 480 g/mol. The van der Waals surface area contributed by atoms with Gasteiger partial charge >= 0.3 is 0 Å². The maximum atomic E-state index is 13.1. The Morgan fingerprint density at radius 3 is 2.76 bits per heavy atom. The SMILES string of the molecule is CC#CC(=O)N1C[C@@H]2C[C@]1(c1nc(-c3ccc(C(=O)Cc4ccccn4)cc3)c3c(N)nccn13)CCO2. The average Bonchev–Trinajstić information content (AvgIpc) is 3.46. The van der Waals surface area contributed by atoms with E-state index in [9.17, 15) is 9.59 Å². The summed E-state index contributed by atoms with van der Waals surface area (Å²) in [5.41, 5.74) is 9.13. The normalized spacial score (nSPS) is 20.2. The van der Waals surface area contributed by atoms with Crippen molar-refractivity contribution in [3.63, 3.8) is 0 Å². The smallest absolute Gasteiger partial charge is 0.299 e. The molecule has 0 saturated carbocycles. The summed E-state index contributed by atoms with van der Waals surface area (Å²) in [6, 6.07) is 12.9. The van der Waals surface area contributed by atoms with Gasteiger partial charge in [-0.05, 0) is 25.0 Å². The van der Waals surface area contributed by atoms with Crippen molar-refractivity contribution in [2.45, 2.75) is 37.8 Å². The third-order valence-corrected chi connectivity index (χ3v) is 7.36. The van der Waals surface area contributed by atoms with E-state index >= 15 is 0 Å². The van der Waals surface area contributed by atoms with E-state index in [1.165, 1.54) is 0 Å². The first-order chi connectivity index (χ1) is 18.5. The summed E-state index contributed by atoms with van der Waals surface area (Å²) in [4.78, 5) is 41.4. The Kier molecular flexibility index (Phi) is 5.89. The summed E-state index contributed by atoms with van der Waals surface area (Å²) in [7, 11) is 0. The van der Waals surface area contributed by atoms with Crippen LogP contribution in [0.4, 0.5) is 5.82 Å². The largest absolute Gasteiger partial charge is 0.382 e. The number of hydrogen-bond donors (Lipinski definition) is 1. The topological polar surface area (TPSA) is 116 Å². The Bertz CT molecular complexity index is 1600. The highest BCUT2D eigenvalue weighted by Crippen LogP contribution is 2.47. The third-order valence-electron chi connectivity index (χ3n) is 7.36. The van der Waals surface area contributed by atoms with E-state index in [1.807, 2.05) is 40.9 Å². The van der Waals surface area contributed by atoms with Crippen LogP contribution in [0.25, 0.3) is 16.8 Å². The summed E-state index contributed by atoms with van der Waals surface area (Å²) >= 11 is 0. The molecule has 1 amide bonds. The van der Waals surface area contributed by atoms with E-state index in [0.717, 1.165) is 11.3 Å². The minimum absolute atomic E-state index is 0.0175. The molecule has 4 aromatic rings. The number of carbonyl (C=O) groups excluding carboxylic acids is 2. The highest BCUT2D eigenvalue weighted by atomic mass is 16.5. The fourth-order valence-electron chi connectivity index (χ4n) is 5.63. The number of likely N-dealkylation sites (tertiary alicyclic amines) is 1. The number of ketones is 1. The molecule has 2 saturated heterocycles. The van der Waals surface area contributed by atoms with Crippen LogP contribution in [-0.2, 0) is 21.5 Å². The van der Waals surface area contributed by atoms with E-state index in [0.29, 0.717) is 54.4 Å². The van der Waals surface area contributed by atoms with Gasteiger partial charge in [0.2, 0.25) is 0 Å². The van der Waals surface area contributed by atoms with Crippen LogP contribution in [0, 0.1) is 11.8 Å². The molecule has 9 nitrogen and oxygen atoms in total. The number of nitrogen functional groups attached to an aromatic ring is 1. The monoisotopic (exact) mass is 506 g/mol. The van der Waals surface area contributed by atoms with Crippen molar-refractivity contribution in [3.8, 4) is 23.1 Å². The fourth-order valence-corrected chi connectivity index (χ4v) is 5.63. The van der Waals surface area contributed by atoms with Crippen LogP contribution in [0.5, 0.6) is 0 Å². The number of nitrogens with zero attached hydrogens (tertiary/aromatic N) is 5. The van der Waals surface area contributed by atoms with E-state index < -0.39 is 5.54 Å². The third kappa shape index (κ3) is 3.90.